The van der Waals surface area contributed by atoms with Crippen molar-refractivity contribution in [2.45, 2.75) is 13.8 Å². The van der Waals surface area contributed by atoms with Crippen molar-refractivity contribution in [2.24, 2.45) is 0 Å². The second kappa shape index (κ2) is 4.75. The van der Waals surface area contributed by atoms with Gasteiger partial charge in [0.1, 0.15) is 0 Å². The minimum atomic E-state index is 0.820. The maximum Gasteiger partial charge on any atom is 0.0401 e. The standard InChI is InChI=1S/C14H13BCl/c1-10-3-6-12(7-4-10)15-13-8-5-11(2)14(16)9-13/h3-9H,1-2H3/q-1. The first-order chi connectivity index (χ1) is 7.65. The van der Waals surface area contributed by atoms with Crippen LogP contribution in [0.15, 0.2) is 42.5 Å². The highest BCUT2D eigenvalue weighted by Crippen LogP contribution is 2.11. The van der Waals surface area contributed by atoms with Crippen molar-refractivity contribution >= 4 is 29.8 Å². The van der Waals surface area contributed by atoms with E-state index >= 15 is 0 Å². The molecule has 0 aliphatic heterocycles. The number of benzene rings is 2. The first-order valence-electron chi connectivity index (χ1n) is 5.33. The van der Waals surface area contributed by atoms with E-state index in [1.54, 1.807) is 0 Å². The summed E-state index contributed by atoms with van der Waals surface area (Å²) in [6.45, 7) is 4.10. The second-order valence-corrected chi connectivity index (χ2v) is 4.47. The van der Waals surface area contributed by atoms with Gasteiger partial charge in [-0.2, -0.15) is 0 Å². The Morgan fingerprint density at radius 1 is 0.875 bits per heavy atom. The summed E-state index contributed by atoms with van der Waals surface area (Å²) >= 11 is 6.09. The van der Waals surface area contributed by atoms with Gasteiger partial charge in [-0.25, -0.2) is 0 Å². The topological polar surface area (TPSA) is 0 Å². The summed E-state index contributed by atoms with van der Waals surface area (Å²) in [5.41, 5.74) is 4.73. The Balaban J connectivity index is 2.20. The number of halogens is 1. The zero-order chi connectivity index (χ0) is 11.5. The Bertz CT molecular complexity index is 489. The summed E-state index contributed by atoms with van der Waals surface area (Å²) in [7, 11) is 2.13. The van der Waals surface area contributed by atoms with Gasteiger partial charge in [0.05, 0.1) is 0 Å². The first-order valence-corrected chi connectivity index (χ1v) is 5.70. The zero-order valence-electron chi connectivity index (χ0n) is 9.50. The number of hydrogen-bond donors (Lipinski definition) is 0. The van der Waals surface area contributed by atoms with Gasteiger partial charge in [0, 0.05) is 5.02 Å². The number of hydrogen-bond acceptors (Lipinski definition) is 0. The monoisotopic (exact) mass is 227 g/mol. The molecule has 0 atom stereocenters. The van der Waals surface area contributed by atoms with E-state index in [0.29, 0.717) is 0 Å². The van der Waals surface area contributed by atoms with Gasteiger partial charge in [-0.05, 0) is 19.4 Å². The molecule has 0 saturated heterocycles. The Labute approximate surface area is 103 Å². The highest BCUT2D eigenvalue weighted by molar-refractivity contribution is 6.67. The van der Waals surface area contributed by atoms with Crippen molar-refractivity contribution in [3.63, 3.8) is 0 Å². The molecular weight excluding hydrogens is 214 g/mol. The summed E-state index contributed by atoms with van der Waals surface area (Å²) in [4.78, 5) is 0. The van der Waals surface area contributed by atoms with Gasteiger partial charge in [0.25, 0.3) is 0 Å². The molecule has 2 aromatic rings. The van der Waals surface area contributed by atoms with Crippen LogP contribution in [0.3, 0.4) is 0 Å². The van der Waals surface area contributed by atoms with Gasteiger partial charge in [-0.15, -0.1) is 18.2 Å². The third-order valence-electron chi connectivity index (χ3n) is 2.61. The molecule has 80 valence electrons. The molecule has 0 aliphatic rings. The van der Waals surface area contributed by atoms with Gasteiger partial charge in [0.15, 0.2) is 0 Å². The van der Waals surface area contributed by atoms with E-state index in [-0.39, 0.29) is 0 Å². The molecule has 0 fully saturated rings. The van der Waals surface area contributed by atoms with E-state index in [1.807, 2.05) is 19.1 Å². The average Bonchev–Trinajstić information content (AvgIpc) is 2.27. The van der Waals surface area contributed by atoms with Crippen LogP contribution < -0.4 is 10.9 Å². The molecule has 0 heterocycles. The van der Waals surface area contributed by atoms with E-state index in [0.717, 1.165) is 16.0 Å². The lowest BCUT2D eigenvalue weighted by molar-refractivity contribution is 1.48. The van der Waals surface area contributed by atoms with E-state index in [2.05, 4.69) is 44.5 Å². The zero-order valence-corrected chi connectivity index (χ0v) is 10.3. The van der Waals surface area contributed by atoms with E-state index < -0.39 is 0 Å². The van der Waals surface area contributed by atoms with Crippen LogP contribution in [0.4, 0.5) is 0 Å². The van der Waals surface area contributed by atoms with Crippen molar-refractivity contribution < 1.29 is 0 Å². The van der Waals surface area contributed by atoms with Crippen LogP contribution in [0.1, 0.15) is 11.1 Å². The highest BCUT2D eigenvalue weighted by Gasteiger charge is 1.91. The lowest BCUT2D eigenvalue weighted by atomic mass is 9.64. The Morgan fingerprint density at radius 3 is 2.12 bits per heavy atom. The normalized spacial score (nSPS) is 10.4. The lowest BCUT2D eigenvalue weighted by Gasteiger charge is -2.18. The molecule has 0 unspecified atom stereocenters. The highest BCUT2D eigenvalue weighted by atomic mass is 35.5. The Morgan fingerprint density at radius 2 is 1.50 bits per heavy atom. The van der Waals surface area contributed by atoms with Crippen LogP contribution in [0.5, 0.6) is 0 Å². The first kappa shape index (κ1) is 11.3. The molecule has 0 spiro atoms. The molecule has 2 radical (unpaired) electrons. The van der Waals surface area contributed by atoms with Crippen LogP contribution in [0.25, 0.3) is 0 Å². The molecule has 2 rings (SSSR count). The van der Waals surface area contributed by atoms with Gasteiger partial charge >= 0.3 is 0 Å². The van der Waals surface area contributed by atoms with Crippen molar-refractivity contribution in [3.8, 4) is 0 Å². The van der Waals surface area contributed by atoms with E-state index in [9.17, 15) is 0 Å². The van der Waals surface area contributed by atoms with Crippen LogP contribution >= 0.6 is 11.6 Å². The van der Waals surface area contributed by atoms with Gasteiger partial charge in [-0.3, -0.25) is 18.2 Å². The quantitative estimate of drug-likeness (QED) is 0.692. The Kier molecular flexibility index (Phi) is 3.35. The molecule has 0 saturated carbocycles. The predicted molar refractivity (Wildman–Crippen MR) is 72.4 cm³/mol. The lowest BCUT2D eigenvalue weighted by Crippen LogP contribution is -2.26. The van der Waals surface area contributed by atoms with Crippen molar-refractivity contribution in [1.29, 1.82) is 0 Å². The van der Waals surface area contributed by atoms with Crippen molar-refractivity contribution in [1.82, 2.24) is 0 Å². The average molecular weight is 228 g/mol. The van der Waals surface area contributed by atoms with Crippen molar-refractivity contribution in [3.05, 3.63) is 58.6 Å². The molecule has 2 aromatic carbocycles. The number of aryl methyl sites for hydroxylation is 2. The van der Waals surface area contributed by atoms with Crippen LogP contribution in [-0.4, -0.2) is 7.28 Å². The molecular formula is C14H13BCl-. The minimum absolute atomic E-state index is 0.820. The van der Waals surface area contributed by atoms with Crippen molar-refractivity contribution in [2.75, 3.05) is 0 Å². The fourth-order valence-electron chi connectivity index (χ4n) is 1.55. The molecule has 0 amide bonds. The molecule has 0 N–H and O–H groups in total. The van der Waals surface area contributed by atoms with Crippen LogP contribution in [0.2, 0.25) is 5.02 Å². The summed E-state index contributed by atoms with van der Waals surface area (Å²) in [5.74, 6) is 0. The fraction of sp³-hybridized carbons (Fsp3) is 0.143. The third kappa shape index (κ3) is 2.68. The summed E-state index contributed by atoms with van der Waals surface area (Å²) in [6, 6.07) is 14.6. The molecule has 0 nitrogen and oxygen atoms in total. The SMILES string of the molecule is Cc1ccc([B-]c2ccc(C)c(Cl)c2)cc1. The van der Waals surface area contributed by atoms with Crippen LogP contribution in [-0.2, 0) is 0 Å². The maximum absolute atomic E-state index is 6.09. The van der Waals surface area contributed by atoms with Gasteiger partial charge in [0.2, 0.25) is 0 Å². The second-order valence-electron chi connectivity index (χ2n) is 4.06. The third-order valence-corrected chi connectivity index (χ3v) is 3.01. The van der Waals surface area contributed by atoms with Gasteiger partial charge < -0.3 is 0 Å². The summed E-state index contributed by atoms with van der Waals surface area (Å²) < 4.78 is 0. The molecule has 0 bridgehead atoms. The molecule has 0 aromatic heterocycles. The molecule has 2 heteroatoms. The van der Waals surface area contributed by atoms with E-state index in [4.69, 9.17) is 11.6 Å². The maximum atomic E-state index is 6.09. The fourth-order valence-corrected chi connectivity index (χ4v) is 1.74. The smallest absolute Gasteiger partial charge is 0.0401 e. The largest absolute Gasteiger partial charge is 0.275 e. The summed E-state index contributed by atoms with van der Waals surface area (Å²) in [6.07, 6.45) is 0. The summed E-state index contributed by atoms with van der Waals surface area (Å²) in [5, 5.41) is 0.820. The van der Waals surface area contributed by atoms with E-state index in [1.165, 1.54) is 11.0 Å². The number of rotatable bonds is 2. The Hall–Kier alpha value is -1.21. The van der Waals surface area contributed by atoms with Crippen LogP contribution in [0, 0.1) is 13.8 Å². The molecule has 16 heavy (non-hydrogen) atoms. The molecule has 0 aliphatic carbocycles. The predicted octanol–water partition coefficient (Wildman–Crippen LogP) is 2.61. The van der Waals surface area contributed by atoms with Gasteiger partial charge in [-0.1, -0.05) is 41.4 Å². The minimum Gasteiger partial charge on any atom is -0.275 e.